The highest BCUT2D eigenvalue weighted by atomic mass is 79.9. The summed E-state index contributed by atoms with van der Waals surface area (Å²) in [6.07, 6.45) is 1.74. The Bertz CT molecular complexity index is 340. The average Bonchev–Trinajstić information content (AvgIpc) is 2.49. The van der Waals surface area contributed by atoms with Crippen LogP contribution in [0.15, 0.2) is 15.9 Å². The minimum atomic E-state index is -0.735. The molecule has 1 heterocycles. The smallest absolute Gasteiger partial charge is 0.0399 e. The maximum atomic E-state index is 11.1. The Morgan fingerprint density at radius 1 is 1.60 bits per heavy atom. The van der Waals surface area contributed by atoms with Crippen LogP contribution in [0.3, 0.4) is 0 Å². The molecular weight excluding hydrogens is 294 g/mol. The molecule has 15 heavy (non-hydrogen) atoms. The predicted molar refractivity (Wildman–Crippen MR) is 72.0 cm³/mol. The summed E-state index contributed by atoms with van der Waals surface area (Å²) in [5.74, 6) is 0.702. The van der Waals surface area contributed by atoms with Gasteiger partial charge in [-0.25, -0.2) is 0 Å². The summed E-state index contributed by atoms with van der Waals surface area (Å²) in [5, 5.41) is 5.51. The van der Waals surface area contributed by atoms with E-state index in [1.165, 1.54) is 4.88 Å². The van der Waals surface area contributed by atoms with E-state index in [1.807, 2.05) is 0 Å². The van der Waals surface area contributed by atoms with Crippen molar-refractivity contribution in [1.29, 1.82) is 0 Å². The van der Waals surface area contributed by atoms with Gasteiger partial charge in [-0.3, -0.25) is 4.21 Å². The van der Waals surface area contributed by atoms with E-state index in [0.717, 1.165) is 4.47 Å². The van der Waals surface area contributed by atoms with Crippen LogP contribution in [0.5, 0.6) is 0 Å². The molecule has 86 valence electrons. The molecule has 0 fully saturated rings. The average molecular weight is 310 g/mol. The normalized spacial score (nSPS) is 17.3. The van der Waals surface area contributed by atoms with E-state index in [0.29, 0.717) is 11.8 Å². The Morgan fingerprint density at radius 3 is 2.73 bits per heavy atom. The standard InChI is InChI=1S/C10H16BrNOS2/c1-7(6-15(3)13)12-8(2)10-9(11)4-5-14-10/h4-5,7-8,12H,6H2,1-3H3. The van der Waals surface area contributed by atoms with Gasteiger partial charge in [-0.15, -0.1) is 11.3 Å². The monoisotopic (exact) mass is 309 g/mol. The summed E-state index contributed by atoms with van der Waals surface area (Å²) in [7, 11) is -0.735. The summed E-state index contributed by atoms with van der Waals surface area (Å²) in [5.41, 5.74) is 0. The number of hydrogen-bond acceptors (Lipinski definition) is 3. The minimum Gasteiger partial charge on any atom is -0.306 e. The fourth-order valence-corrected chi connectivity index (χ4v) is 4.05. The molecule has 2 nitrogen and oxygen atoms in total. The molecule has 0 saturated carbocycles. The molecule has 1 aromatic heterocycles. The molecule has 1 rings (SSSR count). The van der Waals surface area contributed by atoms with Gasteiger partial charge in [0.05, 0.1) is 0 Å². The van der Waals surface area contributed by atoms with Crippen molar-refractivity contribution in [3.63, 3.8) is 0 Å². The maximum Gasteiger partial charge on any atom is 0.0399 e. The van der Waals surface area contributed by atoms with Gasteiger partial charge < -0.3 is 5.32 Å². The van der Waals surface area contributed by atoms with Crippen LogP contribution in [0.2, 0.25) is 0 Å². The summed E-state index contributed by atoms with van der Waals surface area (Å²) >= 11 is 5.25. The van der Waals surface area contributed by atoms with Gasteiger partial charge in [0.1, 0.15) is 0 Å². The third kappa shape index (κ3) is 4.34. The lowest BCUT2D eigenvalue weighted by Crippen LogP contribution is -2.32. The molecular formula is C10H16BrNOS2. The molecule has 3 atom stereocenters. The van der Waals surface area contributed by atoms with Gasteiger partial charge >= 0.3 is 0 Å². The van der Waals surface area contributed by atoms with E-state index in [4.69, 9.17) is 0 Å². The Labute approximate surface area is 106 Å². The predicted octanol–water partition coefficient (Wildman–Crippen LogP) is 2.93. The van der Waals surface area contributed by atoms with E-state index in [-0.39, 0.29) is 6.04 Å². The van der Waals surface area contributed by atoms with Crippen LogP contribution in [-0.2, 0) is 10.8 Å². The number of hydrogen-bond donors (Lipinski definition) is 1. The molecule has 5 heteroatoms. The van der Waals surface area contributed by atoms with Crippen molar-refractivity contribution in [3.8, 4) is 0 Å². The summed E-state index contributed by atoms with van der Waals surface area (Å²) in [6, 6.07) is 2.64. The molecule has 0 aliphatic rings. The molecule has 0 aromatic carbocycles. The van der Waals surface area contributed by atoms with Crippen molar-refractivity contribution < 1.29 is 4.21 Å². The number of rotatable bonds is 5. The molecule has 0 bridgehead atoms. The van der Waals surface area contributed by atoms with E-state index in [2.05, 4.69) is 46.5 Å². The number of thiophene rings is 1. The van der Waals surface area contributed by atoms with E-state index < -0.39 is 10.8 Å². The van der Waals surface area contributed by atoms with Crippen LogP contribution >= 0.6 is 27.3 Å². The van der Waals surface area contributed by atoms with Crippen molar-refractivity contribution in [1.82, 2.24) is 5.32 Å². The third-order valence-electron chi connectivity index (χ3n) is 2.06. The van der Waals surface area contributed by atoms with Gasteiger partial charge in [-0.05, 0) is 41.2 Å². The molecule has 0 spiro atoms. The number of halogens is 1. The Hall–Kier alpha value is 0.290. The summed E-state index contributed by atoms with van der Waals surface area (Å²) in [4.78, 5) is 1.30. The third-order valence-corrected chi connectivity index (χ3v) is 5.08. The topological polar surface area (TPSA) is 29.1 Å². The molecule has 1 N–H and O–H groups in total. The lowest BCUT2D eigenvalue weighted by molar-refractivity contribution is 0.512. The Kier molecular flexibility index (Phi) is 5.46. The second kappa shape index (κ2) is 6.13. The fraction of sp³-hybridized carbons (Fsp3) is 0.600. The van der Waals surface area contributed by atoms with Crippen molar-refractivity contribution in [2.75, 3.05) is 12.0 Å². The zero-order valence-electron chi connectivity index (χ0n) is 9.12. The first-order valence-corrected chi connectivity index (χ1v) is 8.19. The second-order valence-electron chi connectivity index (χ2n) is 3.66. The zero-order valence-corrected chi connectivity index (χ0v) is 12.3. The zero-order chi connectivity index (χ0) is 11.4. The highest BCUT2D eigenvalue weighted by molar-refractivity contribution is 9.10. The quantitative estimate of drug-likeness (QED) is 0.906. The van der Waals surface area contributed by atoms with Gasteiger partial charge in [-0.1, -0.05) is 0 Å². The molecule has 0 radical (unpaired) electrons. The molecule has 0 saturated heterocycles. The molecule has 3 unspecified atom stereocenters. The second-order valence-corrected chi connectivity index (χ2v) is 6.94. The van der Waals surface area contributed by atoms with Crippen molar-refractivity contribution >= 4 is 38.1 Å². The van der Waals surface area contributed by atoms with Crippen molar-refractivity contribution in [2.24, 2.45) is 0 Å². The fourth-order valence-electron chi connectivity index (χ4n) is 1.52. The van der Waals surface area contributed by atoms with Crippen molar-refractivity contribution in [2.45, 2.75) is 25.9 Å². The van der Waals surface area contributed by atoms with Crippen LogP contribution in [0.4, 0.5) is 0 Å². The van der Waals surface area contributed by atoms with Crippen molar-refractivity contribution in [3.05, 3.63) is 20.8 Å². The highest BCUT2D eigenvalue weighted by Gasteiger charge is 2.13. The summed E-state index contributed by atoms with van der Waals surface area (Å²) < 4.78 is 12.2. The van der Waals surface area contributed by atoms with Crippen LogP contribution < -0.4 is 5.32 Å². The van der Waals surface area contributed by atoms with Crippen LogP contribution in [0.1, 0.15) is 24.8 Å². The summed E-state index contributed by atoms with van der Waals surface area (Å²) in [6.45, 7) is 4.20. The van der Waals surface area contributed by atoms with Gasteiger partial charge in [0.25, 0.3) is 0 Å². The van der Waals surface area contributed by atoms with Crippen LogP contribution in [-0.4, -0.2) is 22.3 Å². The largest absolute Gasteiger partial charge is 0.306 e. The highest BCUT2D eigenvalue weighted by Crippen LogP contribution is 2.28. The van der Waals surface area contributed by atoms with Crippen LogP contribution in [0, 0.1) is 0 Å². The lowest BCUT2D eigenvalue weighted by Gasteiger charge is -2.18. The van der Waals surface area contributed by atoms with E-state index >= 15 is 0 Å². The first-order valence-electron chi connectivity index (χ1n) is 4.79. The Balaban J connectivity index is 2.52. The van der Waals surface area contributed by atoms with E-state index in [1.54, 1.807) is 17.6 Å². The SMILES string of the molecule is CC(CS(C)=O)NC(C)c1sccc1Br. The minimum absolute atomic E-state index is 0.278. The van der Waals surface area contributed by atoms with Crippen LogP contribution in [0.25, 0.3) is 0 Å². The van der Waals surface area contributed by atoms with Gasteiger partial charge in [-0.2, -0.15) is 0 Å². The Morgan fingerprint density at radius 2 is 2.27 bits per heavy atom. The molecule has 1 aromatic rings. The van der Waals surface area contributed by atoms with E-state index in [9.17, 15) is 4.21 Å². The molecule has 0 aliphatic heterocycles. The number of nitrogens with one attached hydrogen (secondary N) is 1. The first kappa shape index (κ1) is 13.4. The maximum absolute atomic E-state index is 11.1. The van der Waals surface area contributed by atoms with Gasteiger partial charge in [0.2, 0.25) is 0 Å². The lowest BCUT2D eigenvalue weighted by atomic mass is 10.2. The van der Waals surface area contributed by atoms with Gasteiger partial charge in [0, 0.05) is 44.2 Å². The first-order chi connectivity index (χ1) is 7.00. The molecule has 0 amide bonds. The molecule has 0 aliphatic carbocycles. The van der Waals surface area contributed by atoms with Gasteiger partial charge in [0.15, 0.2) is 0 Å².